The van der Waals surface area contributed by atoms with Crippen molar-refractivity contribution < 1.29 is 29.0 Å². The summed E-state index contributed by atoms with van der Waals surface area (Å²) in [4.78, 5) is 42.8. The molecule has 4 rings (SSSR count). The number of methoxy groups -OCH3 is 1. The molecule has 1 fully saturated rings. The zero-order chi connectivity index (χ0) is 26.7. The number of pyridine rings is 1. The van der Waals surface area contributed by atoms with Crippen molar-refractivity contribution in [1.82, 2.24) is 15.2 Å². The van der Waals surface area contributed by atoms with Gasteiger partial charge in [0.05, 0.1) is 24.9 Å². The van der Waals surface area contributed by atoms with Crippen LogP contribution in [-0.4, -0.2) is 72.4 Å². The van der Waals surface area contributed by atoms with Gasteiger partial charge in [-0.25, -0.2) is 9.78 Å². The molecular weight excluding hydrogens is 473 g/mol. The van der Waals surface area contributed by atoms with Gasteiger partial charge in [0.1, 0.15) is 29.7 Å². The maximum absolute atomic E-state index is 13.3. The van der Waals surface area contributed by atoms with Crippen LogP contribution in [0.4, 0.5) is 4.79 Å². The summed E-state index contributed by atoms with van der Waals surface area (Å²) in [6.45, 7) is 3.54. The highest BCUT2D eigenvalue weighted by atomic mass is 16.5. The van der Waals surface area contributed by atoms with Crippen molar-refractivity contribution in [3.63, 3.8) is 0 Å². The van der Waals surface area contributed by atoms with E-state index in [1.165, 1.54) is 4.90 Å². The van der Waals surface area contributed by atoms with Crippen LogP contribution < -0.4 is 14.8 Å². The second-order valence-electron chi connectivity index (χ2n) is 9.31. The molecule has 37 heavy (non-hydrogen) atoms. The van der Waals surface area contributed by atoms with E-state index in [1.807, 2.05) is 48.5 Å². The maximum Gasteiger partial charge on any atom is 0.326 e. The van der Waals surface area contributed by atoms with Gasteiger partial charge in [-0.05, 0) is 18.1 Å². The topological polar surface area (TPSA) is 118 Å². The molecule has 2 aromatic carbocycles. The third-order valence-corrected chi connectivity index (χ3v) is 6.40. The molecule has 9 nitrogen and oxygen atoms in total. The number of aromatic nitrogens is 1. The number of carboxylic acids is 1. The van der Waals surface area contributed by atoms with Crippen LogP contribution in [0.2, 0.25) is 0 Å². The van der Waals surface area contributed by atoms with Crippen LogP contribution >= 0.6 is 0 Å². The summed E-state index contributed by atoms with van der Waals surface area (Å²) in [6.07, 6.45) is -0.508. The molecule has 0 bridgehead atoms. The van der Waals surface area contributed by atoms with E-state index in [2.05, 4.69) is 5.32 Å². The fourth-order valence-electron chi connectivity index (χ4n) is 4.54. The Labute approximate surface area is 216 Å². The van der Waals surface area contributed by atoms with Crippen LogP contribution in [0.1, 0.15) is 20.3 Å². The van der Waals surface area contributed by atoms with Crippen LogP contribution in [0.15, 0.2) is 54.6 Å². The minimum absolute atomic E-state index is 0.0418. The number of fused-ring (bicyclic) bond motifs is 1. The van der Waals surface area contributed by atoms with E-state index in [0.717, 1.165) is 10.9 Å². The van der Waals surface area contributed by atoms with Crippen molar-refractivity contribution in [3.8, 4) is 22.8 Å². The van der Waals surface area contributed by atoms with Gasteiger partial charge >= 0.3 is 5.97 Å². The zero-order valence-electron chi connectivity index (χ0n) is 20.9. The predicted molar refractivity (Wildman–Crippen MR) is 139 cm³/mol. The Bertz CT molecular complexity index is 1320. The number of ether oxygens (including phenoxy) is 2. The van der Waals surface area contributed by atoms with Gasteiger partial charge in [-0.1, -0.05) is 44.2 Å². The van der Waals surface area contributed by atoms with Crippen molar-refractivity contribution in [2.24, 2.45) is 5.92 Å². The molecule has 2 heterocycles. The van der Waals surface area contributed by atoms with Gasteiger partial charge in [0.2, 0.25) is 13.8 Å². The molecule has 3 aromatic rings. The second kappa shape index (κ2) is 10.9. The molecule has 2 radical (unpaired) electrons. The van der Waals surface area contributed by atoms with E-state index < -0.39 is 35.9 Å². The second-order valence-corrected chi connectivity index (χ2v) is 9.31. The average molecular weight is 501 g/mol. The number of carbonyl (C=O) groups is 3. The minimum Gasteiger partial charge on any atom is -0.497 e. The first-order valence-corrected chi connectivity index (χ1v) is 12.0. The number of hydrogen-bond acceptors (Lipinski definition) is 6. The Balaban J connectivity index is 1.68. The maximum atomic E-state index is 13.3. The number of hydrogen-bond donors (Lipinski definition) is 2. The summed E-state index contributed by atoms with van der Waals surface area (Å²) in [6, 6.07) is 14.8. The van der Waals surface area contributed by atoms with E-state index >= 15 is 0 Å². The first-order valence-electron chi connectivity index (χ1n) is 12.0. The summed E-state index contributed by atoms with van der Waals surface area (Å²) < 4.78 is 11.7. The quantitative estimate of drug-likeness (QED) is 0.455. The highest BCUT2D eigenvalue weighted by Crippen LogP contribution is 2.34. The highest BCUT2D eigenvalue weighted by Gasteiger charge is 2.43. The Morgan fingerprint density at radius 3 is 2.49 bits per heavy atom. The molecule has 0 saturated carbocycles. The van der Waals surface area contributed by atoms with Crippen LogP contribution in [0.5, 0.6) is 11.5 Å². The van der Waals surface area contributed by atoms with Crippen LogP contribution in [0, 0.1) is 5.92 Å². The molecule has 3 atom stereocenters. The van der Waals surface area contributed by atoms with E-state index in [0.29, 0.717) is 22.7 Å². The Morgan fingerprint density at radius 2 is 1.86 bits per heavy atom. The molecule has 0 unspecified atom stereocenters. The summed E-state index contributed by atoms with van der Waals surface area (Å²) >= 11 is 0. The number of nitrogens with zero attached hydrogens (tertiary/aromatic N) is 2. The van der Waals surface area contributed by atoms with E-state index in [1.54, 1.807) is 27.0 Å². The zero-order valence-corrected chi connectivity index (χ0v) is 20.9. The SMILES string of the molecule is [B]C(=O)N[C@H](C(=O)N1C[C@H](Oc2cc(-c3ccccc3)nc3cc(OC)ccc23)C[C@H]1C(=O)O)C(C)C. The molecule has 10 heteroatoms. The molecular formula is C27H28BN3O6. The van der Waals surface area contributed by atoms with Gasteiger partial charge < -0.3 is 24.8 Å². The van der Waals surface area contributed by atoms with Gasteiger partial charge in [0.15, 0.2) is 5.81 Å². The van der Waals surface area contributed by atoms with Gasteiger partial charge in [-0.15, -0.1) is 0 Å². The molecule has 2 N–H and O–H groups in total. The van der Waals surface area contributed by atoms with Gasteiger partial charge in [-0.2, -0.15) is 0 Å². The summed E-state index contributed by atoms with van der Waals surface area (Å²) in [7, 11) is 6.83. The van der Waals surface area contributed by atoms with Gasteiger partial charge in [0.25, 0.3) is 0 Å². The van der Waals surface area contributed by atoms with E-state index in [4.69, 9.17) is 22.3 Å². The number of rotatable bonds is 8. The molecule has 0 aliphatic carbocycles. The number of nitrogens with one attached hydrogen (secondary N) is 1. The van der Waals surface area contributed by atoms with Crippen LogP contribution in [-0.2, 0) is 9.59 Å². The molecule has 0 spiro atoms. The lowest BCUT2D eigenvalue weighted by Gasteiger charge is -2.29. The summed E-state index contributed by atoms with van der Waals surface area (Å²) in [5.41, 5.74) is 2.23. The molecule has 1 saturated heterocycles. The van der Waals surface area contributed by atoms with Crippen LogP contribution in [0.3, 0.4) is 0 Å². The number of amides is 2. The Kier molecular flexibility index (Phi) is 7.66. The molecule has 2 amide bonds. The van der Waals surface area contributed by atoms with Crippen LogP contribution in [0.25, 0.3) is 22.2 Å². The average Bonchev–Trinajstić information content (AvgIpc) is 3.31. The lowest BCUT2D eigenvalue weighted by Crippen LogP contribution is -2.53. The number of aliphatic carboxylic acids is 1. The van der Waals surface area contributed by atoms with Crippen molar-refractivity contribution in [2.75, 3.05) is 13.7 Å². The smallest absolute Gasteiger partial charge is 0.326 e. The summed E-state index contributed by atoms with van der Waals surface area (Å²) in [5.74, 6) is -1.64. The first-order chi connectivity index (χ1) is 17.7. The third kappa shape index (κ3) is 5.68. The minimum atomic E-state index is -1.14. The predicted octanol–water partition coefficient (Wildman–Crippen LogP) is 3.25. The Morgan fingerprint density at radius 1 is 1.14 bits per heavy atom. The number of likely N-dealkylation sites (tertiary alicyclic amines) is 1. The lowest BCUT2D eigenvalue weighted by molar-refractivity contribution is -0.149. The normalized spacial score (nSPS) is 18.0. The fourth-order valence-corrected chi connectivity index (χ4v) is 4.54. The molecule has 1 aliphatic heterocycles. The number of carboxylic acid groups (broad SMARTS) is 1. The number of benzene rings is 2. The van der Waals surface area contributed by atoms with Crippen molar-refractivity contribution >= 4 is 36.4 Å². The monoisotopic (exact) mass is 501 g/mol. The van der Waals surface area contributed by atoms with Crippen molar-refractivity contribution in [3.05, 3.63) is 54.6 Å². The van der Waals surface area contributed by atoms with E-state index in [-0.39, 0.29) is 18.9 Å². The number of carbonyl (C=O) groups excluding carboxylic acids is 2. The fraction of sp³-hybridized carbons (Fsp3) is 0.333. The standard InChI is InChI=1S/C27H28BN3O6/c1-15(2)24(30-27(28)35)25(32)31-14-18(12-22(31)26(33)34)37-23-13-20(16-7-5-4-6-8-16)29-21-11-17(36-3)9-10-19(21)23/h4-11,13,15,18,22,24H,12,14H2,1-3H3,(H,30,35)(H,33,34)/t18-,22+,24+/m1/s1. The summed E-state index contributed by atoms with van der Waals surface area (Å²) in [5, 5.41) is 13.0. The third-order valence-electron chi connectivity index (χ3n) is 6.40. The van der Waals surface area contributed by atoms with Gasteiger partial charge in [0, 0.05) is 29.5 Å². The first kappa shape index (κ1) is 26.0. The molecule has 1 aliphatic rings. The van der Waals surface area contributed by atoms with E-state index in [9.17, 15) is 19.5 Å². The lowest BCUT2D eigenvalue weighted by atomic mass is 10.00. The molecule has 1 aromatic heterocycles. The van der Waals surface area contributed by atoms with Crippen molar-refractivity contribution in [1.29, 1.82) is 0 Å². The van der Waals surface area contributed by atoms with Crippen molar-refractivity contribution in [2.45, 2.75) is 38.5 Å². The molecule has 190 valence electrons. The van der Waals surface area contributed by atoms with Gasteiger partial charge in [-0.3, -0.25) is 9.59 Å². The highest BCUT2D eigenvalue weighted by molar-refractivity contribution is 6.57. The largest absolute Gasteiger partial charge is 0.497 e. The Hall–Kier alpha value is -4.08.